The number of nitrogens with one attached hydrogen (secondary N) is 1. The molecule has 0 spiro atoms. The van der Waals surface area contributed by atoms with Crippen molar-refractivity contribution in [3.63, 3.8) is 0 Å². The molecule has 0 fully saturated rings. The van der Waals surface area contributed by atoms with E-state index in [-0.39, 0.29) is 31.3 Å². The molecule has 1 amide bonds. The van der Waals surface area contributed by atoms with Gasteiger partial charge in [-0.25, -0.2) is 4.98 Å². The minimum absolute atomic E-state index is 0.0262. The third-order valence-electron chi connectivity index (χ3n) is 6.26. The summed E-state index contributed by atoms with van der Waals surface area (Å²) in [4.78, 5) is 31.2. The van der Waals surface area contributed by atoms with Gasteiger partial charge in [0.15, 0.2) is 11.5 Å². The van der Waals surface area contributed by atoms with Crippen LogP contribution in [0, 0.1) is 0 Å². The Hall–Kier alpha value is -4.30. The number of carbonyl (C=O) groups excluding carboxylic acids is 1. The zero-order valence-electron chi connectivity index (χ0n) is 19.1. The fourth-order valence-corrected chi connectivity index (χ4v) is 4.68. The van der Waals surface area contributed by atoms with Crippen LogP contribution in [0.15, 0.2) is 77.9 Å². The second-order valence-corrected chi connectivity index (χ2v) is 8.94. The van der Waals surface area contributed by atoms with Crippen LogP contribution in [0.5, 0.6) is 11.5 Å². The molecule has 0 unspecified atom stereocenters. The highest BCUT2D eigenvalue weighted by molar-refractivity contribution is 6.31. The van der Waals surface area contributed by atoms with Crippen LogP contribution in [0.1, 0.15) is 11.1 Å². The van der Waals surface area contributed by atoms with Gasteiger partial charge in [0.1, 0.15) is 17.6 Å². The monoisotopic (exact) mass is 500 g/mol. The maximum absolute atomic E-state index is 13.6. The SMILES string of the molecule is O=C(Cn1c2ccccc2c2ncn(Cc3ccccc3Cl)c(=O)c21)NCc1ccc2c(c1)OCO2. The van der Waals surface area contributed by atoms with E-state index in [4.69, 9.17) is 21.1 Å². The third kappa shape index (κ3) is 3.95. The van der Waals surface area contributed by atoms with Crippen LogP contribution in [0.4, 0.5) is 0 Å². The number of hydrogen-bond acceptors (Lipinski definition) is 5. The van der Waals surface area contributed by atoms with E-state index in [1.807, 2.05) is 60.7 Å². The number of nitrogens with zero attached hydrogens (tertiary/aromatic N) is 3. The molecule has 0 bridgehead atoms. The van der Waals surface area contributed by atoms with Crippen molar-refractivity contribution in [3.05, 3.63) is 99.6 Å². The summed E-state index contributed by atoms with van der Waals surface area (Å²) in [5.41, 5.74) is 3.18. The van der Waals surface area contributed by atoms with E-state index in [2.05, 4.69) is 10.3 Å². The van der Waals surface area contributed by atoms with E-state index in [1.165, 1.54) is 10.9 Å². The van der Waals surface area contributed by atoms with E-state index in [0.29, 0.717) is 34.1 Å². The standard InChI is InChI=1S/C27H21ClN4O4/c28-20-7-3-1-5-18(20)13-31-15-30-25-19-6-2-4-8-21(19)32(26(25)27(31)34)14-24(33)29-12-17-9-10-22-23(11-17)36-16-35-22/h1-11,15H,12-14,16H2,(H,29,33). The van der Waals surface area contributed by atoms with Crippen LogP contribution >= 0.6 is 11.6 Å². The summed E-state index contributed by atoms with van der Waals surface area (Å²) in [6, 6.07) is 20.5. The fraction of sp³-hybridized carbons (Fsp3) is 0.148. The Morgan fingerprint density at radius 1 is 1.03 bits per heavy atom. The molecule has 0 saturated carbocycles. The molecule has 0 aliphatic carbocycles. The van der Waals surface area contributed by atoms with Crippen molar-refractivity contribution in [1.29, 1.82) is 0 Å². The fourth-order valence-electron chi connectivity index (χ4n) is 4.49. The highest BCUT2D eigenvalue weighted by atomic mass is 35.5. The third-order valence-corrected chi connectivity index (χ3v) is 6.63. The second kappa shape index (κ2) is 9.05. The molecule has 0 saturated heterocycles. The van der Waals surface area contributed by atoms with Crippen molar-refractivity contribution < 1.29 is 14.3 Å². The summed E-state index contributed by atoms with van der Waals surface area (Å²) in [6.07, 6.45) is 1.53. The number of benzene rings is 3. The molecule has 180 valence electrons. The first kappa shape index (κ1) is 22.2. The maximum Gasteiger partial charge on any atom is 0.278 e. The molecule has 1 aliphatic rings. The van der Waals surface area contributed by atoms with Crippen LogP contribution in [-0.2, 0) is 24.4 Å². The summed E-state index contributed by atoms with van der Waals surface area (Å²) < 4.78 is 14.0. The normalized spacial score (nSPS) is 12.4. The molecule has 1 N–H and O–H groups in total. The summed E-state index contributed by atoms with van der Waals surface area (Å²) in [5.74, 6) is 1.13. The van der Waals surface area contributed by atoms with E-state index in [1.54, 1.807) is 10.6 Å². The molecule has 36 heavy (non-hydrogen) atoms. The lowest BCUT2D eigenvalue weighted by atomic mass is 10.2. The molecule has 3 aromatic carbocycles. The highest BCUT2D eigenvalue weighted by Gasteiger charge is 2.19. The van der Waals surface area contributed by atoms with Crippen LogP contribution < -0.4 is 20.3 Å². The zero-order chi connectivity index (χ0) is 24.6. The maximum atomic E-state index is 13.6. The number of hydrogen-bond donors (Lipinski definition) is 1. The molecule has 8 nitrogen and oxygen atoms in total. The minimum atomic E-state index is -0.236. The van der Waals surface area contributed by atoms with Gasteiger partial charge in [0.25, 0.3) is 5.56 Å². The number of rotatable bonds is 6. The van der Waals surface area contributed by atoms with Crippen molar-refractivity contribution in [2.75, 3.05) is 6.79 Å². The largest absolute Gasteiger partial charge is 0.454 e. The van der Waals surface area contributed by atoms with Gasteiger partial charge < -0.3 is 19.4 Å². The van der Waals surface area contributed by atoms with Crippen molar-refractivity contribution in [1.82, 2.24) is 19.4 Å². The summed E-state index contributed by atoms with van der Waals surface area (Å²) in [5, 5.41) is 4.33. The first-order valence-corrected chi connectivity index (χ1v) is 11.8. The molecule has 2 aromatic heterocycles. The number of carbonyl (C=O) groups is 1. The van der Waals surface area contributed by atoms with Gasteiger partial charge in [-0.05, 0) is 35.4 Å². The average Bonchev–Trinajstić information content (AvgIpc) is 3.48. The van der Waals surface area contributed by atoms with E-state index in [0.717, 1.165) is 22.0 Å². The topological polar surface area (TPSA) is 87.4 Å². The molecule has 6 rings (SSSR count). The smallest absolute Gasteiger partial charge is 0.278 e. The number of ether oxygens (including phenoxy) is 2. The van der Waals surface area contributed by atoms with Crippen LogP contribution in [0.25, 0.3) is 21.9 Å². The molecule has 1 aliphatic heterocycles. The van der Waals surface area contributed by atoms with Crippen LogP contribution in [0.2, 0.25) is 5.02 Å². The molecular formula is C27H21ClN4O4. The van der Waals surface area contributed by atoms with Gasteiger partial charge in [0.2, 0.25) is 12.7 Å². The van der Waals surface area contributed by atoms with Gasteiger partial charge in [-0.2, -0.15) is 0 Å². The van der Waals surface area contributed by atoms with Gasteiger partial charge in [-0.3, -0.25) is 14.2 Å². The van der Waals surface area contributed by atoms with E-state index < -0.39 is 0 Å². The van der Waals surface area contributed by atoms with Crippen molar-refractivity contribution in [2.24, 2.45) is 0 Å². The highest BCUT2D eigenvalue weighted by Crippen LogP contribution is 2.32. The zero-order valence-corrected chi connectivity index (χ0v) is 19.9. The lowest BCUT2D eigenvalue weighted by molar-refractivity contribution is -0.121. The van der Waals surface area contributed by atoms with E-state index in [9.17, 15) is 9.59 Å². The lowest BCUT2D eigenvalue weighted by Crippen LogP contribution is -2.29. The molecule has 3 heterocycles. The Labute approximate surface area is 210 Å². The van der Waals surface area contributed by atoms with Gasteiger partial charge in [-0.1, -0.05) is 54.1 Å². The van der Waals surface area contributed by atoms with Crippen LogP contribution in [-0.4, -0.2) is 26.8 Å². The van der Waals surface area contributed by atoms with Crippen molar-refractivity contribution >= 4 is 39.4 Å². The predicted octanol–water partition coefficient (Wildman–Crippen LogP) is 4.10. The number of halogens is 1. The molecule has 0 radical (unpaired) electrons. The summed E-state index contributed by atoms with van der Waals surface area (Å²) >= 11 is 6.32. The van der Waals surface area contributed by atoms with Crippen molar-refractivity contribution in [3.8, 4) is 11.5 Å². The molecule has 0 atom stereocenters. The minimum Gasteiger partial charge on any atom is -0.454 e. The first-order chi connectivity index (χ1) is 17.6. The van der Waals surface area contributed by atoms with Gasteiger partial charge >= 0.3 is 0 Å². The Morgan fingerprint density at radius 2 is 1.83 bits per heavy atom. The molecule has 9 heteroatoms. The Morgan fingerprint density at radius 3 is 2.72 bits per heavy atom. The Kier molecular flexibility index (Phi) is 5.58. The number of amides is 1. The number of aromatic nitrogens is 3. The Balaban J connectivity index is 1.33. The lowest BCUT2D eigenvalue weighted by Gasteiger charge is -2.11. The van der Waals surface area contributed by atoms with Crippen LogP contribution in [0.3, 0.4) is 0 Å². The summed E-state index contributed by atoms with van der Waals surface area (Å²) in [6.45, 7) is 0.767. The predicted molar refractivity (Wildman–Crippen MR) is 136 cm³/mol. The number of para-hydroxylation sites is 1. The number of fused-ring (bicyclic) bond motifs is 4. The van der Waals surface area contributed by atoms with Gasteiger partial charge in [0, 0.05) is 17.0 Å². The van der Waals surface area contributed by atoms with Gasteiger partial charge in [-0.15, -0.1) is 0 Å². The molecule has 5 aromatic rings. The summed E-state index contributed by atoms with van der Waals surface area (Å²) in [7, 11) is 0. The Bertz CT molecular complexity index is 1690. The second-order valence-electron chi connectivity index (χ2n) is 8.53. The first-order valence-electron chi connectivity index (χ1n) is 11.4. The van der Waals surface area contributed by atoms with Crippen molar-refractivity contribution in [2.45, 2.75) is 19.6 Å². The average molecular weight is 501 g/mol. The quantitative estimate of drug-likeness (QED) is 0.379. The molecular weight excluding hydrogens is 480 g/mol. The van der Waals surface area contributed by atoms with E-state index >= 15 is 0 Å². The van der Waals surface area contributed by atoms with Gasteiger partial charge in [0.05, 0.1) is 18.4 Å².